The van der Waals surface area contributed by atoms with Gasteiger partial charge in [-0.3, -0.25) is 29.8 Å². The van der Waals surface area contributed by atoms with Crippen LogP contribution in [0.4, 0.5) is 9.59 Å². The molecule has 0 bridgehead atoms. The predicted molar refractivity (Wildman–Crippen MR) is 122 cm³/mol. The molecule has 7 nitrogen and oxygen atoms in total. The number of amides is 4. The SMILES string of the molecule is COc1ccc(/C=C2\SC(=O)NC2=O)cc1.Cc1cccc(/C=C2\SC(=O)NC2=O)c1. The lowest BCUT2D eigenvalue weighted by Crippen LogP contribution is -2.17. The van der Waals surface area contributed by atoms with Crippen LogP contribution in [0.2, 0.25) is 0 Å². The van der Waals surface area contributed by atoms with Crippen LogP contribution in [0.3, 0.4) is 0 Å². The van der Waals surface area contributed by atoms with E-state index in [9.17, 15) is 19.2 Å². The fourth-order valence-corrected chi connectivity index (χ4v) is 3.97. The Kier molecular flexibility index (Phi) is 7.32. The number of rotatable bonds is 3. The van der Waals surface area contributed by atoms with Gasteiger partial charge in [-0.1, -0.05) is 42.0 Å². The van der Waals surface area contributed by atoms with E-state index in [2.05, 4.69) is 10.6 Å². The molecule has 0 atom stereocenters. The first-order valence-electron chi connectivity index (χ1n) is 9.04. The lowest BCUT2D eigenvalue weighted by atomic mass is 10.1. The van der Waals surface area contributed by atoms with Crippen molar-refractivity contribution in [3.05, 3.63) is 75.0 Å². The molecule has 2 saturated heterocycles. The first-order chi connectivity index (χ1) is 14.8. The number of carbonyl (C=O) groups is 4. The Bertz CT molecular complexity index is 1110. The normalized spacial score (nSPS) is 18.0. The Morgan fingerprint density at radius 1 is 0.774 bits per heavy atom. The molecule has 2 aliphatic rings. The number of hydrogen-bond donors (Lipinski definition) is 2. The highest BCUT2D eigenvalue weighted by molar-refractivity contribution is 8.18. The quantitative estimate of drug-likeness (QED) is 0.665. The summed E-state index contributed by atoms with van der Waals surface area (Å²) in [5.74, 6) is 0.0964. The van der Waals surface area contributed by atoms with Gasteiger partial charge in [-0.25, -0.2) is 0 Å². The molecule has 0 saturated carbocycles. The van der Waals surface area contributed by atoms with Gasteiger partial charge in [0.2, 0.25) is 0 Å². The van der Waals surface area contributed by atoms with Gasteiger partial charge in [-0.15, -0.1) is 0 Å². The van der Waals surface area contributed by atoms with Crippen LogP contribution in [-0.4, -0.2) is 29.4 Å². The van der Waals surface area contributed by atoms with E-state index in [-0.39, 0.29) is 22.3 Å². The molecule has 2 heterocycles. The van der Waals surface area contributed by atoms with Crippen LogP contribution in [0.5, 0.6) is 5.75 Å². The molecule has 2 aliphatic heterocycles. The van der Waals surface area contributed by atoms with Crippen molar-refractivity contribution in [2.45, 2.75) is 6.92 Å². The fourth-order valence-electron chi connectivity index (χ4n) is 2.60. The molecule has 0 radical (unpaired) electrons. The number of benzene rings is 2. The summed E-state index contributed by atoms with van der Waals surface area (Å²) < 4.78 is 5.02. The second-order valence-electron chi connectivity index (χ2n) is 6.39. The number of imide groups is 2. The Balaban J connectivity index is 0.000000176. The second kappa shape index (κ2) is 10.1. The molecule has 158 valence electrons. The van der Waals surface area contributed by atoms with Crippen LogP contribution in [0.15, 0.2) is 58.3 Å². The minimum absolute atomic E-state index is 0.307. The molecule has 2 fully saturated rings. The third-order valence-corrected chi connectivity index (χ3v) is 5.66. The molecular formula is C22H18N2O5S2. The molecule has 0 aromatic heterocycles. The van der Waals surface area contributed by atoms with Crippen molar-refractivity contribution in [1.82, 2.24) is 10.6 Å². The van der Waals surface area contributed by atoms with Crippen molar-refractivity contribution in [3.63, 3.8) is 0 Å². The van der Waals surface area contributed by atoms with Crippen LogP contribution in [-0.2, 0) is 9.59 Å². The molecule has 0 unspecified atom stereocenters. The van der Waals surface area contributed by atoms with E-state index < -0.39 is 0 Å². The number of aryl methyl sites for hydroxylation is 1. The van der Waals surface area contributed by atoms with Gasteiger partial charge >= 0.3 is 0 Å². The van der Waals surface area contributed by atoms with Gasteiger partial charge in [-0.05, 0) is 65.9 Å². The number of thioether (sulfide) groups is 2. The zero-order valence-electron chi connectivity index (χ0n) is 16.6. The van der Waals surface area contributed by atoms with Crippen molar-refractivity contribution >= 4 is 58.0 Å². The summed E-state index contributed by atoms with van der Waals surface area (Å²) in [7, 11) is 1.59. The summed E-state index contributed by atoms with van der Waals surface area (Å²) in [4.78, 5) is 45.2. The van der Waals surface area contributed by atoms with Gasteiger partial charge < -0.3 is 4.74 Å². The Morgan fingerprint density at radius 3 is 1.77 bits per heavy atom. The summed E-state index contributed by atoms with van der Waals surface area (Å²) in [5.41, 5.74) is 2.91. The van der Waals surface area contributed by atoms with Gasteiger partial charge in [0.05, 0.1) is 16.9 Å². The highest BCUT2D eigenvalue weighted by Gasteiger charge is 2.25. The lowest BCUT2D eigenvalue weighted by molar-refractivity contribution is -0.116. The molecule has 2 N–H and O–H groups in total. The Hall–Kier alpha value is -3.30. The molecule has 31 heavy (non-hydrogen) atoms. The van der Waals surface area contributed by atoms with Crippen molar-refractivity contribution in [2.75, 3.05) is 7.11 Å². The number of nitrogens with one attached hydrogen (secondary N) is 2. The van der Waals surface area contributed by atoms with E-state index in [4.69, 9.17) is 4.74 Å². The summed E-state index contributed by atoms with van der Waals surface area (Å²) in [5, 5.41) is 3.78. The maximum atomic E-state index is 11.3. The first kappa shape index (κ1) is 22.4. The summed E-state index contributed by atoms with van der Waals surface area (Å²) in [6.45, 7) is 1.98. The second-order valence-corrected chi connectivity index (χ2v) is 8.42. The van der Waals surface area contributed by atoms with E-state index >= 15 is 0 Å². The minimum atomic E-state index is -0.342. The van der Waals surface area contributed by atoms with E-state index in [0.717, 1.165) is 46.0 Å². The number of carbonyl (C=O) groups excluding carboxylic acids is 4. The van der Waals surface area contributed by atoms with Crippen molar-refractivity contribution in [2.24, 2.45) is 0 Å². The average Bonchev–Trinajstić information content (AvgIpc) is 3.22. The van der Waals surface area contributed by atoms with Crippen LogP contribution < -0.4 is 15.4 Å². The van der Waals surface area contributed by atoms with Gasteiger partial charge in [-0.2, -0.15) is 0 Å². The molecule has 9 heteroatoms. The molecular weight excluding hydrogens is 436 g/mol. The smallest absolute Gasteiger partial charge is 0.290 e. The van der Waals surface area contributed by atoms with E-state index in [1.54, 1.807) is 31.4 Å². The van der Waals surface area contributed by atoms with Gasteiger partial charge in [0.15, 0.2) is 0 Å². The van der Waals surface area contributed by atoms with Crippen molar-refractivity contribution < 1.29 is 23.9 Å². The van der Waals surface area contributed by atoms with Crippen LogP contribution in [0.25, 0.3) is 12.2 Å². The molecule has 0 aliphatic carbocycles. The van der Waals surface area contributed by atoms with Crippen molar-refractivity contribution in [1.29, 1.82) is 0 Å². The standard InChI is InChI=1S/C11H9NO3S.C11H9NO2S/c1-15-8-4-2-7(3-5-8)6-9-10(13)12-11(14)16-9;1-7-3-2-4-8(5-7)6-9-10(13)12-11(14)15-9/h2-6H,1H3,(H,12,13,14);2-6H,1H3,(H,12,13,14)/b2*9-6-. The fraction of sp³-hybridized carbons (Fsp3) is 0.0909. The number of hydrogen-bond acceptors (Lipinski definition) is 7. The molecule has 4 rings (SSSR count). The molecule has 2 aromatic carbocycles. The number of methoxy groups -OCH3 is 1. The van der Waals surface area contributed by atoms with Crippen LogP contribution >= 0.6 is 23.5 Å². The largest absolute Gasteiger partial charge is 0.497 e. The third kappa shape index (κ3) is 6.34. The summed E-state index contributed by atoms with van der Waals surface area (Å²) >= 11 is 1.84. The van der Waals surface area contributed by atoms with Gasteiger partial charge in [0.25, 0.3) is 22.3 Å². The maximum Gasteiger partial charge on any atom is 0.290 e. The molecule has 4 amide bonds. The zero-order valence-corrected chi connectivity index (χ0v) is 18.3. The highest BCUT2D eigenvalue weighted by Crippen LogP contribution is 2.26. The van der Waals surface area contributed by atoms with Gasteiger partial charge in [0, 0.05) is 0 Å². The minimum Gasteiger partial charge on any atom is -0.497 e. The lowest BCUT2D eigenvalue weighted by Gasteiger charge is -1.99. The van der Waals surface area contributed by atoms with Gasteiger partial charge in [0.1, 0.15) is 5.75 Å². The van der Waals surface area contributed by atoms with Crippen molar-refractivity contribution in [3.8, 4) is 5.75 Å². The van der Waals surface area contributed by atoms with E-state index in [1.807, 2.05) is 43.3 Å². The number of ether oxygens (including phenoxy) is 1. The summed E-state index contributed by atoms with van der Waals surface area (Å²) in [6, 6.07) is 15.0. The topological polar surface area (TPSA) is 102 Å². The van der Waals surface area contributed by atoms with Crippen LogP contribution in [0, 0.1) is 6.92 Å². The Labute approximate surface area is 187 Å². The van der Waals surface area contributed by atoms with Crippen LogP contribution in [0.1, 0.15) is 16.7 Å². The zero-order chi connectivity index (χ0) is 22.4. The van der Waals surface area contributed by atoms with E-state index in [1.165, 1.54) is 0 Å². The maximum absolute atomic E-state index is 11.3. The monoisotopic (exact) mass is 454 g/mol. The molecule has 0 spiro atoms. The average molecular weight is 455 g/mol. The molecule has 2 aromatic rings. The summed E-state index contributed by atoms with van der Waals surface area (Å²) in [6.07, 6.45) is 3.39. The van der Waals surface area contributed by atoms with E-state index in [0.29, 0.717) is 9.81 Å². The highest BCUT2D eigenvalue weighted by atomic mass is 32.2. The Morgan fingerprint density at radius 2 is 1.32 bits per heavy atom. The predicted octanol–water partition coefficient (Wildman–Crippen LogP) is 4.34. The third-order valence-electron chi connectivity index (χ3n) is 4.04. The first-order valence-corrected chi connectivity index (χ1v) is 10.7.